The van der Waals surface area contributed by atoms with Gasteiger partial charge in [-0.15, -0.1) is 0 Å². The van der Waals surface area contributed by atoms with Crippen LogP contribution in [-0.4, -0.2) is 47.1 Å². The van der Waals surface area contributed by atoms with Crippen LogP contribution in [0.4, 0.5) is 14.5 Å². The minimum absolute atomic E-state index is 0.110. The standard InChI is InChI=1S/C20H19F2N3O5S2/c21-19(22)32(29,30)14-8-6-13(7-9-14)23-17(27)12-31-20-24-16-5-2-1-4-15(16)18(28)25(20)10-3-11-26/h1-2,4-9,19,26H,3,10-12H2,(H,23,27). The molecule has 170 valence electrons. The number of nitrogens with zero attached hydrogens (tertiary/aromatic N) is 2. The number of sulfone groups is 1. The number of aromatic nitrogens is 2. The maximum Gasteiger partial charge on any atom is 0.341 e. The van der Waals surface area contributed by atoms with Crippen molar-refractivity contribution in [1.29, 1.82) is 0 Å². The number of para-hydroxylation sites is 1. The van der Waals surface area contributed by atoms with Gasteiger partial charge in [0, 0.05) is 18.8 Å². The molecule has 2 aromatic carbocycles. The number of fused-ring (bicyclic) bond motifs is 1. The van der Waals surface area contributed by atoms with Crippen LogP contribution in [0.5, 0.6) is 0 Å². The number of alkyl halides is 2. The number of hydrogen-bond donors (Lipinski definition) is 2. The summed E-state index contributed by atoms with van der Waals surface area (Å²) in [5, 5.41) is 12.4. The predicted molar refractivity (Wildman–Crippen MR) is 117 cm³/mol. The Hall–Kier alpha value is -2.83. The molecule has 0 bridgehead atoms. The van der Waals surface area contributed by atoms with Crippen LogP contribution in [-0.2, 0) is 21.2 Å². The molecule has 3 aromatic rings. The Kier molecular flexibility index (Phi) is 7.59. The number of benzene rings is 2. The number of amides is 1. The number of anilines is 1. The number of aliphatic hydroxyl groups excluding tert-OH is 1. The highest BCUT2D eigenvalue weighted by Gasteiger charge is 2.26. The summed E-state index contributed by atoms with van der Waals surface area (Å²) in [5.41, 5.74) is 0.437. The van der Waals surface area contributed by atoms with Crippen LogP contribution in [0, 0.1) is 0 Å². The highest BCUT2D eigenvalue weighted by atomic mass is 32.2. The summed E-state index contributed by atoms with van der Waals surface area (Å²) in [5.74, 6) is -4.10. The third-order valence-electron chi connectivity index (χ3n) is 4.40. The lowest BCUT2D eigenvalue weighted by Crippen LogP contribution is -2.24. The molecule has 0 spiro atoms. The number of rotatable bonds is 9. The van der Waals surface area contributed by atoms with Crippen LogP contribution >= 0.6 is 11.8 Å². The van der Waals surface area contributed by atoms with Crippen molar-refractivity contribution in [3.8, 4) is 0 Å². The van der Waals surface area contributed by atoms with Crippen LogP contribution in [0.1, 0.15) is 6.42 Å². The minimum atomic E-state index is -4.71. The van der Waals surface area contributed by atoms with Gasteiger partial charge in [0.1, 0.15) is 0 Å². The maximum atomic E-state index is 12.8. The van der Waals surface area contributed by atoms with Crippen molar-refractivity contribution >= 4 is 44.1 Å². The predicted octanol–water partition coefficient (Wildman–Crippen LogP) is 2.51. The summed E-state index contributed by atoms with van der Waals surface area (Å²) in [4.78, 5) is 29.0. The molecular weight excluding hydrogens is 464 g/mol. The van der Waals surface area contributed by atoms with Crippen molar-refractivity contribution in [2.24, 2.45) is 0 Å². The van der Waals surface area contributed by atoms with Crippen LogP contribution in [0.3, 0.4) is 0 Å². The fourth-order valence-corrected chi connectivity index (χ4v) is 4.39. The minimum Gasteiger partial charge on any atom is -0.396 e. The van der Waals surface area contributed by atoms with Gasteiger partial charge in [0.25, 0.3) is 5.56 Å². The molecule has 0 aliphatic heterocycles. The molecular formula is C20H19F2N3O5S2. The third kappa shape index (κ3) is 5.31. The molecule has 0 aliphatic rings. The third-order valence-corrected chi connectivity index (χ3v) is 6.77. The Labute approximate surface area is 186 Å². The van der Waals surface area contributed by atoms with E-state index in [1.165, 1.54) is 16.7 Å². The van der Waals surface area contributed by atoms with Crippen LogP contribution in [0.2, 0.25) is 0 Å². The van der Waals surface area contributed by atoms with E-state index in [0.717, 1.165) is 23.9 Å². The summed E-state index contributed by atoms with van der Waals surface area (Å²) in [7, 11) is -4.71. The number of halogens is 2. The van der Waals surface area contributed by atoms with E-state index in [2.05, 4.69) is 10.3 Å². The number of hydrogen-bond acceptors (Lipinski definition) is 7. The van der Waals surface area contributed by atoms with Crippen molar-refractivity contribution in [1.82, 2.24) is 9.55 Å². The van der Waals surface area contributed by atoms with Crippen molar-refractivity contribution in [2.45, 2.75) is 28.8 Å². The fraction of sp³-hybridized carbons (Fsp3) is 0.250. The first-order valence-corrected chi connectivity index (χ1v) is 11.9. The largest absolute Gasteiger partial charge is 0.396 e. The molecule has 3 rings (SSSR count). The van der Waals surface area contributed by atoms with Gasteiger partial charge in [0.15, 0.2) is 5.16 Å². The van der Waals surface area contributed by atoms with Gasteiger partial charge in [-0.25, -0.2) is 13.4 Å². The Balaban J connectivity index is 1.74. The smallest absolute Gasteiger partial charge is 0.341 e. The summed E-state index contributed by atoms with van der Waals surface area (Å²) in [6.45, 7) is 0.123. The summed E-state index contributed by atoms with van der Waals surface area (Å²) < 4.78 is 49.5. The molecule has 0 fully saturated rings. The molecule has 12 heteroatoms. The lowest BCUT2D eigenvalue weighted by molar-refractivity contribution is -0.113. The van der Waals surface area contributed by atoms with Gasteiger partial charge < -0.3 is 10.4 Å². The normalized spacial score (nSPS) is 11.8. The molecule has 1 amide bonds. The SMILES string of the molecule is O=C(CSc1nc2ccccc2c(=O)n1CCCO)Nc1ccc(S(=O)(=O)C(F)F)cc1. The first-order chi connectivity index (χ1) is 15.2. The molecule has 8 nitrogen and oxygen atoms in total. The number of nitrogens with one attached hydrogen (secondary N) is 1. The zero-order valence-corrected chi connectivity index (χ0v) is 18.2. The van der Waals surface area contributed by atoms with Gasteiger partial charge in [-0.05, 0) is 42.8 Å². The van der Waals surface area contributed by atoms with Crippen molar-refractivity contribution in [3.05, 3.63) is 58.9 Å². The lowest BCUT2D eigenvalue weighted by Gasteiger charge is -2.12. The zero-order valence-electron chi connectivity index (χ0n) is 16.6. The van der Waals surface area contributed by atoms with Gasteiger partial charge in [0.2, 0.25) is 15.7 Å². The highest BCUT2D eigenvalue weighted by Crippen LogP contribution is 2.21. The average molecular weight is 484 g/mol. The molecule has 0 atom stereocenters. The average Bonchev–Trinajstić information content (AvgIpc) is 2.77. The topological polar surface area (TPSA) is 118 Å². The number of aliphatic hydroxyl groups is 1. The van der Waals surface area contributed by atoms with Gasteiger partial charge in [-0.3, -0.25) is 14.2 Å². The van der Waals surface area contributed by atoms with Gasteiger partial charge >= 0.3 is 5.76 Å². The molecule has 2 N–H and O–H groups in total. The van der Waals surface area contributed by atoms with Crippen molar-refractivity contribution in [3.63, 3.8) is 0 Å². The molecule has 0 saturated carbocycles. The molecule has 1 heterocycles. The van der Waals surface area contributed by atoms with Crippen LogP contribution < -0.4 is 10.9 Å². The van der Waals surface area contributed by atoms with Crippen molar-refractivity contribution in [2.75, 3.05) is 17.7 Å². The Bertz CT molecular complexity index is 1280. The van der Waals surface area contributed by atoms with E-state index in [9.17, 15) is 26.8 Å². The van der Waals surface area contributed by atoms with E-state index < -0.39 is 26.4 Å². The first kappa shape index (κ1) is 23.8. The Morgan fingerprint density at radius 1 is 1.16 bits per heavy atom. The van der Waals surface area contributed by atoms with E-state index in [4.69, 9.17) is 5.11 Å². The fourth-order valence-electron chi connectivity index (χ4n) is 2.84. The molecule has 0 aliphatic carbocycles. The monoisotopic (exact) mass is 483 g/mol. The van der Waals surface area contributed by atoms with E-state index in [1.54, 1.807) is 24.3 Å². The molecule has 0 radical (unpaired) electrons. The zero-order chi connectivity index (χ0) is 23.3. The van der Waals surface area contributed by atoms with Gasteiger partial charge in [0.05, 0.1) is 21.6 Å². The van der Waals surface area contributed by atoms with E-state index in [1.807, 2.05) is 0 Å². The number of thioether (sulfide) groups is 1. The van der Waals surface area contributed by atoms with E-state index in [-0.39, 0.29) is 30.2 Å². The van der Waals surface area contributed by atoms with Crippen LogP contribution in [0.15, 0.2) is 63.4 Å². The number of carbonyl (C=O) groups excluding carboxylic acids is 1. The molecule has 0 unspecified atom stereocenters. The van der Waals surface area contributed by atoms with Gasteiger partial charge in [-0.2, -0.15) is 8.78 Å². The van der Waals surface area contributed by atoms with E-state index in [0.29, 0.717) is 22.5 Å². The van der Waals surface area contributed by atoms with E-state index >= 15 is 0 Å². The quantitative estimate of drug-likeness (QED) is 0.355. The number of carbonyl (C=O) groups is 1. The molecule has 32 heavy (non-hydrogen) atoms. The Morgan fingerprint density at radius 2 is 1.84 bits per heavy atom. The highest BCUT2D eigenvalue weighted by molar-refractivity contribution is 7.99. The summed E-state index contributed by atoms with van der Waals surface area (Å²) in [6, 6.07) is 11.2. The lowest BCUT2D eigenvalue weighted by atomic mass is 10.2. The first-order valence-electron chi connectivity index (χ1n) is 9.39. The summed E-state index contributed by atoms with van der Waals surface area (Å²) >= 11 is 1.03. The maximum absolute atomic E-state index is 12.8. The second-order valence-electron chi connectivity index (χ2n) is 6.61. The van der Waals surface area contributed by atoms with Crippen LogP contribution in [0.25, 0.3) is 10.9 Å². The second-order valence-corrected chi connectivity index (χ2v) is 9.47. The van der Waals surface area contributed by atoms with Gasteiger partial charge in [-0.1, -0.05) is 23.9 Å². The molecule has 0 saturated heterocycles. The molecule has 1 aromatic heterocycles. The summed E-state index contributed by atoms with van der Waals surface area (Å²) in [6.07, 6.45) is 0.341. The second kappa shape index (κ2) is 10.2. The van der Waals surface area contributed by atoms with Crippen molar-refractivity contribution < 1.29 is 27.1 Å². The Morgan fingerprint density at radius 3 is 2.50 bits per heavy atom.